The average Bonchev–Trinajstić information content (AvgIpc) is 3.20. The highest BCUT2D eigenvalue weighted by Gasteiger charge is 2.24. The summed E-state index contributed by atoms with van der Waals surface area (Å²) in [7, 11) is -6.52. The number of rotatable bonds is 8. The molecule has 0 atom stereocenters. The summed E-state index contributed by atoms with van der Waals surface area (Å²) in [5, 5.41) is 0. The number of nitrogens with zero attached hydrogens (tertiary/aromatic N) is 1. The zero-order valence-electron chi connectivity index (χ0n) is 22.2. The van der Waals surface area contributed by atoms with Crippen molar-refractivity contribution in [2.75, 3.05) is 29.6 Å². The molecule has 3 aromatic rings. The zero-order valence-corrected chi connectivity index (χ0v) is 23.9. The van der Waals surface area contributed by atoms with Crippen molar-refractivity contribution < 1.29 is 26.4 Å². The summed E-state index contributed by atoms with van der Waals surface area (Å²) in [6.45, 7) is 5.06. The van der Waals surface area contributed by atoms with Crippen LogP contribution in [0.4, 0.5) is 11.4 Å². The quantitative estimate of drug-likeness (QED) is 0.395. The van der Waals surface area contributed by atoms with E-state index in [0.717, 1.165) is 36.8 Å². The van der Waals surface area contributed by atoms with Crippen LogP contribution in [0.1, 0.15) is 47.2 Å². The molecule has 9 nitrogen and oxygen atoms in total. The number of ether oxygens (including phenoxy) is 1. The number of carbonyl (C=O) groups excluding carboxylic acids is 1. The number of carbonyl (C=O) groups is 1. The van der Waals surface area contributed by atoms with E-state index in [2.05, 4.69) is 9.44 Å². The molecule has 0 aromatic heterocycles. The number of hydrogen-bond donors (Lipinski definition) is 2. The Balaban J connectivity index is 1.53. The number of likely N-dealkylation sites (tertiary alicyclic amines) is 1. The molecule has 0 unspecified atom stereocenters. The minimum Gasteiger partial charge on any atom is -0.496 e. The van der Waals surface area contributed by atoms with Gasteiger partial charge in [-0.2, -0.15) is 0 Å². The molecule has 1 amide bonds. The Morgan fingerprint density at radius 3 is 1.90 bits per heavy atom. The summed E-state index contributed by atoms with van der Waals surface area (Å²) >= 11 is 0. The number of methoxy groups -OCH3 is 1. The van der Waals surface area contributed by atoms with Gasteiger partial charge >= 0.3 is 0 Å². The molecule has 1 heterocycles. The van der Waals surface area contributed by atoms with E-state index in [1.165, 1.54) is 49.6 Å². The first-order valence-electron chi connectivity index (χ1n) is 12.7. The molecule has 1 fully saturated rings. The molecular formula is C28H33N3O6S2. The highest BCUT2D eigenvalue weighted by molar-refractivity contribution is 7.93. The first-order chi connectivity index (χ1) is 18.5. The molecule has 1 saturated heterocycles. The third-order valence-electron chi connectivity index (χ3n) is 6.78. The van der Waals surface area contributed by atoms with Crippen LogP contribution in [-0.2, 0) is 20.0 Å². The Hall–Kier alpha value is -3.57. The summed E-state index contributed by atoms with van der Waals surface area (Å²) in [6.07, 6.45) is 3.92. The SMILES string of the molecule is COc1ccc(S(=O)(=O)Nc2ccc(S(=O)(=O)Nc3ccc(C)c(C)c3)cc2)cc1C(=O)N1CCCCCC1. The van der Waals surface area contributed by atoms with Crippen molar-refractivity contribution >= 4 is 37.3 Å². The third-order valence-corrected chi connectivity index (χ3v) is 9.56. The number of nitrogens with one attached hydrogen (secondary N) is 2. The van der Waals surface area contributed by atoms with Crippen LogP contribution in [0, 0.1) is 13.8 Å². The Morgan fingerprint density at radius 2 is 1.28 bits per heavy atom. The predicted molar refractivity (Wildman–Crippen MR) is 151 cm³/mol. The predicted octanol–water partition coefficient (Wildman–Crippen LogP) is 4.93. The van der Waals surface area contributed by atoms with Crippen molar-refractivity contribution in [1.29, 1.82) is 0 Å². The molecule has 0 aliphatic carbocycles. The van der Waals surface area contributed by atoms with Gasteiger partial charge in [0.15, 0.2) is 0 Å². The fourth-order valence-corrected chi connectivity index (χ4v) is 6.53. The van der Waals surface area contributed by atoms with E-state index in [0.29, 0.717) is 24.5 Å². The molecule has 39 heavy (non-hydrogen) atoms. The van der Waals surface area contributed by atoms with Crippen molar-refractivity contribution in [3.8, 4) is 5.75 Å². The lowest BCUT2D eigenvalue weighted by molar-refractivity contribution is 0.0758. The molecule has 0 saturated carbocycles. The minimum atomic E-state index is -4.08. The number of hydrogen-bond acceptors (Lipinski definition) is 6. The van der Waals surface area contributed by atoms with E-state index >= 15 is 0 Å². The van der Waals surface area contributed by atoms with Gasteiger partial charge in [-0.1, -0.05) is 18.9 Å². The van der Waals surface area contributed by atoms with Gasteiger partial charge in [0.25, 0.3) is 26.0 Å². The van der Waals surface area contributed by atoms with E-state index in [9.17, 15) is 21.6 Å². The van der Waals surface area contributed by atoms with Gasteiger partial charge in [-0.15, -0.1) is 0 Å². The second-order valence-corrected chi connectivity index (χ2v) is 13.0. The van der Waals surface area contributed by atoms with Gasteiger partial charge in [0.2, 0.25) is 0 Å². The summed E-state index contributed by atoms with van der Waals surface area (Å²) in [5.74, 6) is 0.0330. The summed E-state index contributed by atoms with van der Waals surface area (Å²) in [6, 6.07) is 14.8. The van der Waals surface area contributed by atoms with Crippen molar-refractivity contribution in [2.45, 2.75) is 49.3 Å². The second-order valence-electron chi connectivity index (χ2n) is 9.60. The van der Waals surface area contributed by atoms with Crippen LogP contribution < -0.4 is 14.2 Å². The first kappa shape index (κ1) is 28.4. The van der Waals surface area contributed by atoms with Crippen LogP contribution in [0.5, 0.6) is 5.75 Å². The molecule has 11 heteroatoms. The molecule has 3 aromatic carbocycles. The van der Waals surface area contributed by atoms with Crippen LogP contribution in [0.3, 0.4) is 0 Å². The van der Waals surface area contributed by atoms with Crippen LogP contribution in [0.2, 0.25) is 0 Å². The number of sulfonamides is 2. The van der Waals surface area contributed by atoms with Gasteiger partial charge in [-0.05, 0) is 92.4 Å². The Morgan fingerprint density at radius 1 is 0.718 bits per heavy atom. The van der Waals surface area contributed by atoms with E-state index < -0.39 is 20.0 Å². The maximum absolute atomic E-state index is 13.2. The summed E-state index contributed by atoms with van der Waals surface area (Å²) in [5.41, 5.74) is 2.80. The smallest absolute Gasteiger partial charge is 0.261 e. The van der Waals surface area contributed by atoms with Gasteiger partial charge in [0.05, 0.1) is 22.5 Å². The molecule has 0 spiro atoms. The van der Waals surface area contributed by atoms with E-state index in [4.69, 9.17) is 4.74 Å². The zero-order chi connectivity index (χ0) is 28.2. The topological polar surface area (TPSA) is 122 Å². The average molecular weight is 572 g/mol. The van der Waals surface area contributed by atoms with E-state index in [-0.39, 0.29) is 26.9 Å². The van der Waals surface area contributed by atoms with Crippen molar-refractivity contribution in [2.24, 2.45) is 0 Å². The van der Waals surface area contributed by atoms with Crippen molar-refractivity contribution in [1.82, 2.24) is 4.90 Å². The number of amides is 1. The molecule has 4 rings (SSSR count). The standard InChI is InChI=1S/C28H33N3O6S2/c1-20-8-9-23(18-21(20)2)30-38(33,34)24-12-10-22(11-13-24)29-39(35,36)25-14-15-27(37-3)26(19-25)28(32)31-16-6-4-5-7-17-31/h8-15,18-19,29-30H,4-7,16-17H2,1-3H3. The number of benzene rings is 3. The highest BCUT2D eigenvalue weighted by atomic mass is 32.2. The molecule has 0 radical (unpaired) electrons. The lowest BCUT2D eigenvalue weighted by atomic mass is 10.1. The fourth-order valence-electron chi connectivity index (χ4n) is 4.40. The van der Waals surface area contributed by atoms with Gasteiger partial charge in [-0.25, -0.2) is 16.8 Å². The number of aryl methyl sites for hydroxylation is 2. The largest absolute Gasteiger partial charge is 0.496 e. The maximum atomic E-state index is 13.2. The molecule has 0 bridgehead atoms. The number of anilines is 2. The normalized spacial score (nSPS) is 14.4. The summed E-state index contributed by atoms with van der Waals surface area (Å²) < 4.78 is 62.4. The second kappa shape index (κ2) is 11.7. The molecule has 1 aliphatic heterocycles. The van der Waals surface area contributed by atoms with Crippen LogP contribution in [0.15, 0.2) is 70.5 Å². The van der Waals surface area contributed by atoms with Gasteiger partial charge < -0.3 is 9.64 Å². The fraction of sp³-hybridized carbons (Fsp3) is 0.321. The molecular weight excluding hydrogens is 538 g/mol. The first-order valence-corrected chi connectivity index (χ1v) is 15.7. The van der Waals surface area contributed by atoms with E-state index in [1.54, 1.807) is 17.0 Å². The highest BCUT2D eigenvalue weighted by Crippen LogP contribution is 2.27. The summed E-state index contributed by atoms with van der Waals surface area (Å²) in [4.78, 5) is 14.9. The van der Waals surface area contributed by atoms with Crippen molar-refractivity contribution in [3.05, 3.63) is 77.4 Å². The maximum Gasteiger partial charge on any atom is 0.261 e. The van der Waals surface area contributed by atoms with Crippen molar-refractivity contribution in [3.63, 3.8) is 0 Å². The third kappa shape index (κ3) is 6.72. The Bertz CT molecular complexity index is 1560. The van der Waals surface area contributed by atoms with Gasteiger partial charge in [0, 0.05) is 24.5 Å². The Kier molecular flexibility index (Phi) is 8.51. The molecule has 1 aliphatic rings. The van der Waals surface area contributed by atoms with Crippen LogP contribution >= 0.6 is 0 Å². The lowest BCUT2D eigenvalue weighted by Crippen LogP contribution is -2.32. The lowest BCUT2D eigenvalue weighted by Gasteiger charge is -2.22. The van der Waals surface area contributed by atoms with Gasteiger partial charge in [-0.3, -0.25) is 14.2 Å². The minimum absolute atomic E-state index is 0.0153. The van der Waals surface area contributed by atoms with E-state index in [1.807, 2.05) is 19.9 Å². The van der Waals surface area contributed by atoms with Crippen LogP contribution in [-0.4, -0.2) is 47.8 Å². The van der Waals surface area contributed by atoms with Crippen LogP contribution in [0.25, 0.3) is 0 Å². The molecule has 2 N–H and O–H groups in total. The monoisotopic (exact) mass is 571 g/mol. The molecule has 208 valence electrons. The Labute approximate surface area is 230 Å². The van der Waals surface area contributed by atoms with Gasteiger partial charge in [0.1, 0.15) is 5.75 Å².